The minimum atomic E-state index is -0.924. The van der Waals surface area contributed by atoms with E-state index in [9.17, 15) is 14.0 Å². The molecule has 0 saturated heterocycles. The maximum Gasteiger partial charge on any atom is 0.159 e. The summed E-state index contributed by atoms with van der Waals surface area (Å²) in [5.41, 5.74) is 1.32. The maximum absolute atomic E-state index is 13.3. The molecule has 0 radical (unpaired) electrons. The van der Waals surface area contributed by atoms with E-state index in [1.807, 2.05) is 4.57 Å². The summed E-state index contributed by atoms with van der Waals surface area (Å²) in [5.74, 6) is -0.971. The Morgan fingerprint density at radius 3 is 2.79 bits per heavy atom. The van der Waals surface area contributed by atoms with Crippen molar-refractivity contribution in [3.8, 4) is 17.3 Å². The predicted octanol–water partition coefficient (Wildman–Crippen LogP) is 3.04. The number of rotatable bonds is 1. The number of hydrogen-bond donors (Lipinski definition) is 0. The predicted molar refractivity (Wildman–Crippen MR) is 65.2 cm³/mol. The number of imidazole rings is 1. The molecule has 3 nitrogen and oxygen atoms in total. The molecule has 1 aromatic heterocycles. The van der Waals surface area contributed by atoms with E-state index in [-0.39, 0.29) is 0 Å². The fourth-order valence-corrected chi connectivity index (χ4v) is 2.44. The number of hydrogen-bond acceptors (Lipinski definition) is 2. The van der Waals surface area contributed by atoms with Gasteiger partial charge >= 0.3 is 0 Å². The molecule has 1 aromatic carbocycles. The van der Waals surface area contributed by atoms with Crippen molar-refractivity contribution in [1.29, 1.82) is 5.26 Å². The van der Waals surface area contributed by atoms with Crippen molar-refractivity contribution < 1.29 is 8.78 Å². The molecule has 96 valence electrons. The Morgan fingerprint density at radius 1 is 1.21 bits per heavy atom. The quantitative estimate of drug-likeness (QED) is 0.789. The molecule has 1 aliphatic rings. The van der Waals surface area contributed by atoms with Gasteiger partial charge in [0, 0.05) is 18.5 Å². The lowest BCUT2D eigenvalue weighted by Crippen LogP contribution is -2.11. The van der Waals surface area contributed by atoms with Gasteiger partial charge < -0.3 is 4.57 Å². The van der Waals surface area contributed by atoms with Crippen molar-refractivity contribution in [1.82, 2.24) is 9.55 Å². The minimum absolute atomic E-state index is 0.431. The maximum atomic E-state index is 13.3. The molecule has 2 heterocycles. The molecule has 0 aliphatic carbocycles. The van der Waals surface area contributed by atoms with E-state index < -0.39 is 11.6 Å². The Kier molecular flexibility index (Phi) is 2.79. The Labute approximate surface area is 109 Å². The molecule has 0 fully saturated rings. The number of halogens is 2. The first-order valence-corrected chi connectivity index (χ1v) is 6.15. The lowest BCUT2D eigenvalue weighted by molar-refractivity contribution is 0.509. The summed E-state index contributed by atoms with van der Waals surface area (Å²) < 4.78 is 28.1. The number of aromatic nitrogens is 2. The molecule has 5 heteroatoms. The Balaban J connectivity index is 2.17. The highest BCUT2D eigenvalue weighted by Crippen LogP contribution is 2.28. The van der Waals surface area contributed by atoms with Gasteiger partial charge in [0.2, 0.25) is 0 Å². The number of fused-ring (bicyclic) bond motifs is 1. The van der Waals surface area contributed by atoms with Crippen molar-refractivity contribution in [2.75, 3.05) is 0 Å². The summed E-state index contributed by atoms with van der Waals surface area (Å²) in [6.07, 6.45) is 2.87. The third-order valence-corrected chi connectivity index (χ3v) is 3.38. The van der Waals surface area contributed by atoms with Crippen molar-refractivity contribution in [3.63, 3.8) is 0 Å². The second-order valence-electron chi connectivity index (χ2n) is 4.57. The van der Waals surface area contributed by atoms with E-state index in [4.69, 9.17) is 0 Å². The molecule has 0 atom stereocenters. The van der Waals surface area contributed by atoms with Crippen molar-refractivity contribution in [3.05, 3.63) is 41.4 Å². The molecule has 0 amide bonds. The summed E-state index contributed by atoms with van der Waals surface area (Å²) in [7, 11) is 0. The highest BCUT2D eigenvalue weighted by Gasteiger charge is 2.21. The summed E-state index contributed by atoms with van der Waals surface area (Å²) in [4.78, 5) is 4.41. The topological polar surface area (TPSA) is 41.6 Å². The molecule has 0 saturated carbocycles. The highest BCUT2D eigenvalue weighted by atomic mass is 19.2. The van der Waals surface area contributed by atoms with Gasteiger partial charge in [-0.1, -0.05) is 0 Å². The highest BCUT2D eigenvalue weighted by molar-refractivity contribution is 5.65. The molecule has 0 spiro atoms. The van der Waals surface area contributed by atoms with Gasteiger partial charge in [0.25, 0.3) is 0 Å². The van der Waals surface area contributed by atoms with Gasteiger partial charge in [-0.15, -0.1) is 0 Å². The molecule has 0 bridgehead atoms. The fraction of sp³-hybridized carbons (Fsp3) is 0.286. The van der Waals surface area contributed by atoms with Gasteiger partial charge in [-0.2, -0.15) is 5.26 Å². The minimum Gasteiger partial charge on any atom is -0.319 e. The van der Waals surface area contributed by atoms with E-state index in [1.165, 1.54) is 6.07 Å². The first kappa shape index (κ1) is 11.8. The van der Waals surface area contributed by atoms with Gasteiger partial charge in [-0.05, 0) is 31.0 Å². The van der Waals surface area contributed by atoms with Crippen LogP contribution < -0.4 is 0 Å². The van der Waals surface area contributed by atoms with Gasteiger partial charge in [-0.25, -0.2) is 13.8 Å². The zero-order chi connectivity index (χ0) is 13.4. The van der Waals surface area contributed by atoms with Crippen LogP contribution in [-0.2, 0) is 13.0 Å². The molecular formula is C14H11F2N3. The first-order chi connectivity index (χ1) is 9.20. The standard InChI is InChI=1S/C14H11F2N3/c15-10-5-4-9(7-11(10)16)14-12(8-17)19-6-2-1-3-13(19)18-14/h4-5,7H,1-3,6H2. The monoisotopic (exact) mass is 259 g/mol. The second kappa shape index (κ2) is 4.47. The van der Waals surface area contributed by atoms with Crippen LogP contribution >= 0.6 is 0 Å². The summed E-state index contributed by atoms with van der Waals surface area (Å²) in [6.45, 7) is 0.759. The fourth-order valence-electron chi connectivity index (χ4n) is 2.44. The third-order valence-electron chi connectivity index (χ3n) is 3.38. The van der Waals surface area contributed by atoms with Gasteiger partial charge in [0.1, 0.15) is 23.3 Å². The van der Waals surface area contributed by atoms with Crippen LogP contribution in [0.2, 0.25) is 0 Å². The van der Waals surface area contributed by atoms with Crippen LogP contribution in [0.3, 0.4) is 0 Å². The number of nitrogens with zero attached hydrogens (tertiary/aromatic N) is 3. The van der Waals surface area contributed by atoms with E-state index in [1.54, 1.807) is 0 Å². The second-order valence-corrected chi connectivity index (χ2v) is 4.57. The molecular weight excluding hydrogens is 248 g/mol. The van der Waals surface area contributed by atoms with E-state index in [0.717, 1.165) is 43.8 Å². The van der Waals surface area contributed by atoms with Crippen LogP contribution in [-0.4, -0.2) is 9.55 Å². The van der Waals surface area contributed by atoms with Crippen LogP contribution in [0.25, 0.3) is 11.3 Å². The Morgan fingerprint density at radius 2 is 2.05 bits per heavy atom. The van der Waals surface area contributed by atoms with Crippen LogP contribution in [0.15, 0.2) is 18.2 Å². The summed E-state index contributed by atoms with van der Waals surface area (Å²) in [6, 6.07) is 5.72. The first-order valence-electron chi connectivity index (χ1n) is 6.15. The number of benzene rings is 1. The Bertz CT molecular complexity index is 683. The van der Waals surface area contributed by atoms with Crippen LogP contribution in [0.5, 0.6) is 0 Å². The Hall–Kier alpha value is -2.22. The van der Waals surface area contributed by atoms with E-state index >= 15 is 0 Å². The third kappa shape index (κ3) is 1.89. The lowest BCUT2D eigenvalue weighted by atomic mass is 10.1. The summed E-state index contributed by atoms with van der Waals surface area (Å²) in [5, 5.41) is 9.27. The average molecular weight is 259 g/mol. The van der Waals surface area contributed by atoms with Crippen LogP contribution in [0, 0.1) is 23.0 Å². The number of nitriles is 1. The molecule has 19 heavy (non-hydrogen) atoms. The van der Waals surface area contributed by atoms with E-state index in [0.29, 0.717) is 17.0 Å². The largest absolute Gasteiger partial charge is 0.319 e. The number of aryl methyl sites for hydroxylation is 1. The van der Waals surface area contributed by atoms with Crippen molar-refractivity contribution >= 4 is 0 Å². The zero-order valence-corrected chi connectivity index (χ0v) is 10.2. The normalized spacial score (nSPS) is 13.9. The zero-order valence-electron chi connectivity index (χ0n) is 10.2. The van der Waals surface area contributed by atoms with Gasteiger partial charge in [0.05, 0.1) is 0 Å². The molecule has 0 N–H and O–H groups in total. The SMILES string of the molecule is N#Cc1c(-c2ccc(F)c(F)c2)nc2n1CCCC2. The van der Waals surface area contributed by atoms with E-state index in [2.05, 4.69) is 11.1 Å². The lowest BCUT2D eigenvalue weighted by Gasteiger charge is -2.13. The van der Waals surface area contributed by atoms with Crippen molar-refractivity contribution in [2.24, 2.45) is 0 Å². The van der Waals surface area contributed by atoms with Crippen LogP contribution in [0.1, 0.15) is 24.4 Å². The van der Waals surface area contributed by atoms with Crippen molar-refractivity contribution in [2.45, 2.75) is 25.8 Å². The van der Waals surface area contributed by atoms with Gasteiger partial charge in [-0.3, -0.25) is 0 Å². The summed E-state index contributed by atoms with van der Waals surface area (Å²) >= 11 is 0. The molecule has 2 aromatic rings. The molecule has 1 aliphatic heterocycles. The average Bonchev–Trinajstić information content (AvgIpc) is 2.80. The van der Waals surface area contributed by atoms with Gasteiger partial charge in [0.15, 0.2) is 11.6 Å². The van der Waals surface area contributed by atoms with Crippen LogP contribution in [0.4, 0.5) is 8.78 Å². The smallest absolute Gasteiger partial charge is 0.159 e. The molecule has 3 rings (SSSR count). The molecule has 0 unspecified atom stereocenters.